The fraction of sp³-hybridized carbons (Fsp3) is 0.314. The number of aliphatic carboxylic acids is 1. The number of carboxylic acid groups (broad SMARTS) is 1. The number of thioether (sulfide) groups is 1. The Morgan fingerprint density at radius 2 is 1.85 bits per heavy atom. The van der Waals surface area contributed by atoms with E-state index in [-0.39, 0.29) is 11.8 Å². The molecule has 1 fully saturated rings. The molecule has 6 heteroatoms. The van der Waals surface area contributed by atoms with E-state index in [1.54, 1.807) is 11.8 Å². The minimum Gasteiger partial charge on any atom is -0.481 e. The van der Waals surface area contributed by atoms with Gasteiger partial charge in [0.2, 0.25) is 0 Å². The monoisotopic (exact) mass is 585 g/mol. The van der Waals surface area contributed by atoms with Gasteiger partial charge in [0.1, 0.15) is 0 Å². The Kier molecular flexibility index (Phi) is 9.81. The van der Waals surface area contributed by atoms with Crippen molar-refractivity contribution in [2.75, 3.05) is 11.5 Å². The minimum atomic E-state index is -0.665. The summed E-state index contributed by atoms with van der Waals surface area (Å²) in [6.07, 6.45) is 7.24. The number of halogens is 1. The largest absolute Gasteiger partial charge is 0.481 e. The van der Waals surface area contributed by atoms with Gasteiger partial charge in [-0.25, -0.2) is 4.98 Å². The molecule has 5 rings (SSSR count). The zero-order valence-corrected chi connectivity index (χ0v) is 24.8. The molecule has 0 amide bonds. The van der Waals surface area contributed by atoms with Crippen molar-refractivity contribution in [3.63, 3.8) is 0 Å². The Morgan fingerprint density at radius 3 is 2.63 bits per heavy atom. The van der Waals surface area contributed by atoms with Gasteiger partial charge in [-0.15, -0.1) is 0 Å². The molecule has 1 aliphatic carbocycles. The van der Waals surface area contributed by atoms with Gasteiger partial charge in [0.25, 0.3) is 0 Å². The smallest absolute Gasteiger partial charge is 0.307 e. The van der Waals surface area contributed by atoms with Crippen LogP contribution in [-0.4, -0.2) is 38.8 Å². The van der Waals surface area contributed by atoms with Crippen LogP contribution in [0.1, 0.15) is 60.1 Å². The molecule has 0 radical (unpaired) electrons. The average Bonchev–Trinajstić information content (AvgIpc) is 3.79. The first kappa shape index (κ1) is 29.4. The van der Waals surface area contributed by atoms with E-state index in [1.165, 1.54) is 11.1 Å². The van der Waals surface area contributed by atoms with Crippen molar-refractivity contribution in [3.05, 3.63) is 112 Å². The van der Waals surface area contributed by atoms with Crippen LogP contribution in [0.4, 0.5) is 0 Å². The number of nitrogens with zero attached hydrogens (tertiary/aromatic N) is 1. The number of hydrogen-bond donors (Lipinski definition) is 2. The number of aliphatic hydroxyl groups excluding tert-OH is 1. The number of carbonyl (C=O) groups is 1. The standard InChI is InChI=1S/C35H36ClNO3S/c1-23(38)19-27-6-2-3-8-31(27)32(17-18-41-22-33(35(39)40)25-10-11-25)28-7-4-5-24(20-28)9-15-30-16-13-26-12-14-29(36)21-34(26)37-30/h2-9,12-16,20-21,23,25,32-33,38H,10-11,17-19,22H2,1H3,(H,39,40). The summed E-state index contributed by atoms with van der Waals surface area (Å²) in [5.41, 5.74) is 6.40. The van der Waals surface area contributed by atoms with Gasteiger partial charge in [0.05, 0.1) is 23.2 Å². The van der Waals surface area contributed by atoms with Crippen LogP contribution in [0.2, 0.25) is 5.02 Å². The molecule has 4 aromatic rings. The van der Waals surface area contributed by atoms with Gasteiger partial charge < -0.3 is 10.2 Å². The molecular weight excluding hydrogens is 550 g/mol. The molecule has 3 unspecified atom stereocenters. The lowest BCUT2D eigenvalue weighted by atomic mass is 9.84. The molecule has 212 valence electrons. The molecule has 0 spiro atoms. The second-order valence-electron chi connectivity index (χ2n) is 11.0. The Balaban J connectivity index is 1.38. The van der Waals surface area contributed by atoms with Crippen LogP contribution in [0.3, 0.4) is 0 Å². The highest BCUT2D eigenvalue weighted by Crippen LogP contribution is 2.39. The summed E-state index contributed by atoms with van der Waals surface area (Å²) in [6.45, 7) is 1.83. The number of carboxylic acids is 1. The average molecular weight is 586 g/mol. The lowest BCUT2D eigenvalue weighted by Crippen LogP contribution is -2.18. The molecule has 0 bridgehead atoms. The second-order valence-corrected chi connectivity index (χ2v) is 12.6. The number of hydrogen-bond acceptors (Lipinski definition) is 4. The SMILES string of the molecule is CC(O)Cc1ccccc1C(CCSCC(C(=O)O)C1CC1)c1cccc(C=Cc2ccc3ccc(Cl)cc3n2)c1. The highest BCUT2D eigenvalue weighted by atomic mass is 35.5. The summed E-state index contributed by atoms with van der Waals surface area (Å²) in [5, 5.41) is 21.6. The molecule has 0 aliphatic heterocycles. The van der Waals surface area contributed by atoms with Crippen molar-refractivity contribution in [1.29, 1.82) is 0 Å². The van der Waals surface area contributed by atoms with Crippen LogP contribution < -0.4 is 0 Å². The molecule has 1 aliphatic rings. The van der Waals surface area contributed by atoms with Gasteiger partial charge in [0, 0.05) is 22.1 Å². The Bertz CT molecular complexity index is 1530. The predicted octanol–water partition coefficient (Wildman–Crippen LogP) is 8.35. The number of rotatable bonds is 13. The van der Waals surface area contributed by atoms with Gasteiger partial charge in [-0.2, -0.15) is 11.8 Å². The molecule has 4 nitrogen and oxygen atoms in total. The van der Waals surface area contributed by atoms with Crippen LogP contribution in [0.15, 0.2) is 78.9 Å². The molecular formula is C35H36ClNO3S. The highest BCUT2D eigenvalue weighted by molar-refractivity contribution is 7.99. The summed E-state index contributed by atoms with van der Waals surface area (Å²) in [5.74, 6) is 1.11. The molecule has 1 aromatic heterocycles. The van der Waals surface area contributed by atoms with E-state index in [2.05, 4.69) is 54.6 Å². The predicted molar refractivity (Wildman–Crippen MR) is 172 cm³/mol. The third kappa shape index (κ3) is 8.00. The summed E-state index contributed by atoms with van der Waals surface area (Å²) in [4.78, 5) is 16.5. The zero-order valence-electron chi connectivity index (χ0n) is 23.2. The maximum Gasteiger partial charge on any atom is 0.307 e. The third-order valence-corrected chi connectivity index (χ3v) is 9.09. The third-order valence-electron chi connectivity index (χ3n) is 7.74. The summed E-state index contributed by atoms with van der Waals surface area (Å²) in [6, 6.07) is 26.8. The van der Waals surface area contributed by atoms with E-state index >= 15 is 0 Å². The quantitative estimate of drug-likeness (QED) is 0.154. The van der Waals surface area contributed by atoms with Crippen molar-refractivity contribution in [2.45, 2.75) is 44.6 Å². The summed E-state index contributed by atoms with van der Waals surface area (Å²) < 4.78 is 0. The van der Waals surface area contributed by atoms with Crippen LogP contribution in [0, 0.1) is 11.8 Å². The van der Waals surface area contributed by atoms with E-state index in [0.29, 0.717) is 23.1 Å². The van der Waals surface area contributed by atoms with Crippen molar-refractivity contribution in [3.8, 4) is 0 Å². The molecule has 1 heterocycles. The van der Waals surface area contributed by atoms with Crippen LogP contribution in [0.5, 0.6) is 0 Å². The topological polar surface area (TPSA) is 70.4 Å². The molecule has 3 atom stereocenters. The molecule has 41 heavy (non-hydrogen) atoms. The second kappa shape index (κ2) is 13.7. The van der Waals surface area contributed by atoms with E-state index in [0.717, 1.165) is 52.7 Å². The number of aromatic nitrogens is 1. The first-order valence-corrected chi connectivity index (χ1v) is 15.8. The number of aliphatic hydroxyl groups is 1. The van der Waals surface area contributed by atoms with Gasteiger partial charge in [-0.05, 0) is 90.8 Å². The minimum absolute atomic E-state index is 0.135. The van der Waals surface area contributed by atoms with Gasteiger partial charge >= 0.3 is 5.97 Å². The zero-order chi connectivity index (χ0) is 28.8. The first-order valence-electron chi connectivity index (χ1n) is 14.3. The van der Waals surface area contributed by atoms with Crippen molar-refractivity contribution >= 4 is 52.4 Å². The molecule has 3 aromatic carbocycles. The lowest BCUT2D eigenvalue weighted by molar-refractivity contribution is -0.141. The normalized spacial score (nSPS) is 15.7. The van der Waals surface area contributed by atoms with Crippen LogP contribution >= 0.6 is 23.4 Å². The Morgan fingerprint density at radius 1 is 1.05 bits per heavy atom. The van der Waals surface area contributed by atoms with Crippen molar-refractivity contribution in [2.24, 2.45) is 11.8 Å². The summed E-state index contributed by atoms with van der Waals surface area (Å²) in [7, 11) is 0. The fourth-order valence-corrected chi connectivity index (χ4v) is 6.86. The number of benzene rings is 3. The van der Waals surface area contributed by atoms with E-state index in [1.807, 2.05) is 43.3 Å². The van der Waals surface area contributed by atoms with Crippen molar-refractivity contribution < 1.29 is 15.0 Å². The van der Waals surface area contributed by atoms with Gasteiger partial charge in [-0.3, -0.25) is 4.79 Å². The molecule has 0 saturated heterocycles. The molecule has 1 saturated carbocycles. The highest BCUT2D eigenvalue weighted by Gasteiger charge is 2.35. The Hall–Kier alpha value is -3.12. The Labute approximate surface area is 251 Å². The lowest BCUT2D eigenvalue weighted by Gasteiger charge is -2.23. The maximum atomic E-state index is 11.7. The molecule has 2 N–H and O–H groups in total. The van der Waals surface area contributed by atoms with Crippen LogP contribution in [0.25, 0.3) is 23.1 Å². The maximum absolute atomic E-state index is 11.7. The van der Waals surface area contributed by atoms with Crippen molar-refractivity contribution in [1.82, 2.24) is 4.98 Å². The fourth-order valence-electron chi connectivity index (χ4n) is 5.46. The summed E-state index contributed by atoms with van der Waals surface area (Å²) >= 11 is 7.92. The van der Waals surface area contributed by atoms with Gasteiger partial charge in [0.15, 0.2) is 0 Å². The first-order chi connectivity index (χ1) is 19.9. The van der Waals surface area contributed by atoms with E-state index in [9.17, 15) is 15.0 Å². The van der Waals surface area contributed by atoms with Crippen LogP contribution in [-0.2, 0) is 11.2 Å². The number of pyridine rings is 1. The van der Waals surface area contributed by atoms with E-state index in [4.69, 9.17) is 16.6 Å². The number of fused-ring (bicyclic) bond motifs is 1. The van der Waals surface area contributed by atoms with E-state index < -0.39 is 12.1 Å². The van der Waals surface area contributed by atoms with Gasteiger partial charge in [-0.1, -0.05) is 78.3 Å².